The summed E-state index contributed by atoms with van der Waals surface area (Å²) in [6.45, 7) is 2.05. The average molecular weight is 104 g/mol. The van der Waals surface area contributed by atoms with Crippen LogP contribution in [0.15, 0.2) is 0 Å². The van der Waals surface area contributed by atoms with E-state index in [9.17, 15) is 0 Å². The maximum atomic E-state index is 4.04. The lowest BCUT2D eigenvalue weighted by Crippen LogP contribution is -2.07. The molecule has 0 spiro atoms. The molecule has 0 rings (SSSR count). The fourth-order valence-corrected chi connectivity index (χ4v) is 0.177. The third kappa shape index (κ3) is 2.54. The molecule has 0 aromatic rings. The Hall–Kier alpha value is 0.310. The first kappa shape index (κ1) is 6.31. The number of rotatable bonds is 2. The molecule has 0 amide bonds. The Kier molecular flexibility index (Phi) is 3.68. The molecule has 6 heavy (non-hydrogen) atoms. The minimum atomic E-state index is 1.000. The van der Waals surface area contributed by atoms with Crippen molar-refractivity contribution in [2.45, 2.75) is 13.3 Å². The fourth-order valence-electron chi connectivity index (χ4n) is 0.177. The number of hydrogen-bond acceptors (Lipinski definition) is 2. The molecule has 1 radical (unpaired) electrons. The van der Waals surface area contributed by atoms with Gasteiger partial charge in [-0.25, -0.2) is 0 Å². The number of thiol groups is 1. The van der Waals surface area contributed by atoms with E-state index in [1.807, 2.05) is 7.05 Å². The summed E-state index contributed by atoms with van der Waals surface area (Å²) in [4.78, 5) is 0. The lowest BCUT2D eigenvalue weighted by atomic mass is 10.5. The predicted octanol–water partition coefficient (Wildman–Crippen LogP) is 1.04. The predicted molar refractivity (Wildman–Crippen MR) is 31.6 cm³/mol. The second kappa shape index (κ2) is 3.50. The molecule has 2 heteroatoms. The summed E-state index contributed by atoms with van der Waals surface area (Å²) in [7, 11) is 1.87. The first-order valence-corrected chi connectivity index (χ1v) is 2.48. The van der Waals surface area contributed by atoms with E-state index in [1.54, 1.807) is 0 Å². The number of hydrogen-bond donors (Lipinski definition) is 2. The highest BCUT2D eigenvalue weighted by molar-refractivity contribution is 7.83. The molecule has 1 nitrogen and oxygen atoms in total. The van der Waals surface area contributed by atoms with E-state index in [1.165, 1.54) is 0 Å². The molecular weight excluding hydrogens is 94.1 g/mol. The lowest BCUT2D eigenvalue weighted by Gasteiger charge is -1.99. The Morgan fingerprint density at radius 1 is 1.83 bits per heavy atom. The summed E-state index contributed by atoms with van der Waals surface area (Å²) in [6.07, 6.45) is 1.000. The topological polar surface area (TPSA) is 12.0 Å². The molecule has 0 aliphatic rings. The van der Waals surface area contributed by atoms with Gasteiger partial charge in [0.2, 0.25) is 0 Å². The second-order valence-corrected chi connectivity index (χ2v) is 1.59. The van der Waals surface area contributed by atoms with Crippen molar-refractivity contribution >= 4 is 12.6 Å². The van der Waals surface area contributed by atoms with E-state index in [0.29, 0.717) is 0 Å². The van der Waals surface area contributed by atoms with Gasteiger partial charge in [-0.3, -0.25) is 0 Å². The van der Waals surface area contributed by atoms with Gasteiger partial charge in [0.15, 0.2) is 0 Å². The van der Waals surface area contributed by atoms with Crippen LogP contribution in [0.5, 0.6) is 0 Å². The van der Waals surface area contributed by atoms with Gasteiger partial charge in [-0.15, -0.1) is 0 Å². The molecule has 0 heterocycles. The van der Waals surface area contributed by atoms with E-state index in [-0.39, 0.29) is 0 Å². The van der Waals surface area contributed by atoms with Crippen molar-refractivity contribution in [3.63, 3.8) is 0 Å². The van der Waals surface area contributed by atoms with Crippen molar-refractivity contribution in [2.24, 2.45) is 0 Å². The van der Waals surface area contributed by atoms with Crippen molar-refractivity contribution in [1.82, 2.24) is 5.32 Å². The van der Waals surface area contributed by atoms with Crippen LogP contribution in [0.4, 0.5) is 0 Å². The van der Waals surface area contributed by atoms with Gasteiger partial charge in [-0.1, -0.05) is 6.92 Å². The molecule has 0 bridgehead atoms. The summed E-state index contributed by atoms with van der Waals surface area (Å²) in [5, 5.41) is 3.93. The Morgan fingerprint density at radius 3 is 2.33 bits per heavy atom. The monoisotopic (exact) mass is 104 g/mol. The van der Waals surface area contributed by atoms with E-state index < -0.39 is 0 Å². The van der Waals surface area contributed by atoms with Gasteiger partial charge in [-0.2, -0.15) is 12.6 Å². The largest absolute Gasteiger partial charge is 0.304 e. The van der Waals surface area contributed by atoms with Gasteiger partial charge in [0.1, 0.15) is 0 Å². The van der Waals surface area contributed by atoms with E-state index in [4.69, 9.17) is 0 Å². The molecule has 0 saturated heterocycles. The normalized spacial score (nSPS) is 10.0. The van der Waals surface area contributed by atoms with Crippen LogP contribution in [0.25, 0.3) is 0 Å². The van der Waals surface area contributed by atoms with Crippen LogP contribution in [0.2, 0.25) is 0 Å². The summed E-state index contributed by atoms with van der Waals surface area (Å²) in [6, 6.07) is 0. The highest BCUT2D eigenvalue weighted by atomic mass is 32.1. The summed E-state index contributed by atoms with van der Waals surface area (Å²) >= 11 is 4.04. The van der Waals surface area contributed by atoms with Crippen LogP contribution in [-0.4, -0.2) is 7.05 Å². The summed E-state index contributed by atoms with van der Waals surface area (Å²) in [5.74, 6) is 0. The molecule has 0 unspecified atom stereocenters. The van der Waals surface area contributed by atoms with Crippen molar-refractivity contribution in [3.05, 3.63) is 5.37 Å². The highest BCUT2D eigenvalue weighted by Crippen LogP contribution is 2.01. The van der Waals surface area contributed by atoms with Crippen LogP contribution >= 0.6 is 12.6 Å². The zero-order valence-corrected chi connectivity index (χ0v) is 5.05. The SMILES string of the molecule is CC[C](S)NC. The molecule has 0 saturated carbocycles. The van der Waals surface area contributed by atoms with Crippen molar-refractivity contribution in [3.8, 4) is 0 Å². The third-order valence-corrected chi connectivity index (χ3v) is 1.16. The molecular formula is C4H10NS. The van der Waals surface area contributed by atoms with Gasteiger partial charge < -0.3 is 5.32 Å². The number of nitrogens with one attached hydrogen (secondary N) is 1. The third-order valence-electron chi connectivity index (χ3n) is 0.623. The van der Waals surface area contributed by atoms with Crippen molar-refractivity contribution in [2.75, 3.05) is 7.05 Å². The average Bonchev–Trinajstić information content (AvgIpc) is 1.65. The van der Waals surface area contributed by atoms with E-state index in [0.717, 1.165) is 11.8 Å². The van der Waals surface area contributed by atoms with Crippen LogP contribution in [0, 0.1) is 5.37 Å². The Morgan fingerprint density at radius 2 is 2.33 bits per heavy atom. The first-order chi connectivity index (χ1) is 2.81. The van der Waals surface area contributed by atoms with Gasteiger partial charge in [0.05, 0.1) is 5.37 Å². The first-order valence-electron chi connectivity index (χ1n) is 2.03. The smallest absolute Gasteiger partial charge is 0.0887 e. The Bertz CT molecular complexity index is 26.7. The molecule has 0 aliphatic carbocycles. The zero-order valence-electron chi connectivity index (χ0n) is 4.15. The molecule has 1 N–H and O–H groups in total. The minimum Gasteiger partial charge on any atom is -0.304 e. The van der Waals surface area contributed by atoms with Crippen LogP contribution in [0.1, 0.15) is 13.3 Å². The van der Waals surface area contributed by atoms with Gasteiger partial charge in [0, 0.05) is 0 Å². The van der Waals surface area contributed by atoms with E-state index in [2.05, 4.69) is 24.9 Å². The Balaban J connectivity index is 2.75. The molecule has 0 aromatic heterocycles. The minimum absolute atomic E-state index is 1.000. The lowest BCUT2D eigenvalue weighted by molar-refractivity contribution is 0.859. The van der Waals surface area contributed by atoms with Crippen molar-refractivity contribution in [1.29, 1.82) is 0 Å². The molecule has 0 aliphatic heterocycles. The Labute approximate surface area is 44.5 Å². The molecule has 37 valence electrons. The standard InChI is InChI=1S/C4H10NS/c1-3-4(6)5-2/h5-6H,3H2,1-2H3. The zero-order chi connectivity index (χ0) is 4.99. The van der Waals surface area contributed by atoms with Gasteiger partial charge >= 0.3 is 0 Å². The van der Waals surface area contributed by atoms with Crippen LogP contribution < -0.4 is 5.32 Å². The van der Waals surface area contributed by atoms with Gasteiger partial charge in [-0.05, 0) is 13.5 Å². The second-order valence-electron chi connectivity index (χ2n) is 1.05. The molecule has 0 atom stereocenters. The highest BCUT2D eigenvalue weighted by Gasteiger charge is 1.89. The fraction of sp³-hybridized carbons (Fsp3) is 0.750. The van der Waals surface area contributed by atoms with E-state index >= 15 is 0 Å². The van der Waals surface area contributed by atoms with Crippen LogP contribution in [-0.2, 0) is 0 Å². The molecule has 0 fully saturated rings. The van der Waals surface area contributed by atoms with Crippen molar-refractivity contribution < 1.29 is 0 Å². The van der Waals surface area contributed by atoms with Crippen LogP contribution in [0.3, 0.4) is 0 Å². The van der Waals surface area contributed by atoms with Gasteiger partial charge in [0.25, 0.3) is 0 Å². The quantitative estimate of drug-likeness (QED) is 0.499. The maximum Gasteiger partial charge on any atom is 0.0887 e. The molecule has 0 aromatic carbocycles. The summed E-state index contributed by atoms with van der Waals surface area (Å²) < 4.78 is 0. The summed E-state index contributed by atoms with van der Waals surface area (Å²) in [5.41, 5.74) is 0. The maximum absolute atomic E-state index is 4.04.